The molecule has 0 spiro atoms. The molecule has 1 heterocycles. The average Bonchev–Trinajstić information content (AvgIpc) is 3.12. The smallest absolute Gasteiger partial charge is 0.237 e. The average molecular weight is 413 g/mol. The molecular formula is C21H24N4OS2. The van der Waals surface area contributed by atoms with Crippen molar-refractivity contribution in [1.29, 1.82) is 0 Å². The summed E-state index contributed by atoms with van der Waals surface area (Å²) in [6, 6.07) is 14.2. The van der Waals surface area contributed by atoms with E-state index < -0.39 is 0 Å². The fourth-order valence-corrected chi connectivity index (χ4v) is 4.61. The number of aryl methyl sites for hydroxylation is 3. The molecule has 146 valence electrons. The Kier molecular flexibility index (Phi) is 6.70. The normalized spacial score (nSPS) is 11.9. The highest BCUT2D eigenvalue weighted by Crippen LogP contribution is 2.31. The van der Waals surface area contributed by atoms with E-state index in [1.54, 1.807) is 0 Å². The van der Waals surface area contributed by atoms with Crippen molar-refractivity contribution in [3.8, 4) is 0 Å². The van der Waals surface area contributed by atoms with E-state index in [1.807, 2.05) is 51.1 Å². The van der Waals surface area contributed by atoms with Crippen molar-refractivity contribution in [2.45, 2.75) is 43.7 Å². The molecule has 0 saturated heterocycles. The molecule has 7 heteroatoms. The summed E-state index contributed by atoms with van der Waals surface area (Å²) >= 11 is 2.86. The second kappa shape index (κ2) is 9.21. The molecule has 0 saturated carbocycles. The quantitative estimate of drug-likeness (QED) is 0.496. The van der Waals surface area contributed by atoms with E-state index in [0.29, 0.717) is 5.13 Å². The summed E-state index contributed by atoms with van der Waals surface area (Å²) in [5.74, 6) is -0.0396. The zero-order chi connectivity index (χ0) is 20.1. The Bertz CT molecular complexity index is 933. The predicted molar refractivity (Wildman–Crippen MR) is 119 cm³/mol. The first-order chi connectivity index (χ1) is 13.5. The molecular weight excluding hydrogens is 388 g/mol. The first-order valence-electron chi connectivity index (χ1n) is 9.19. The van der Waals surface area contributed by atoms with Crippen molar-refractivity contribution < 1.29 is 4.79 Å². The van der Waals surface area contributed by atoms with Gasteiger partial charge >= 0.3 is 0 Å². The molecule has 0 aliphatic heterocycles. The molecule has 28 heavy (non-hydrogen) atoms. The van der Waals surface area contributed by atoms with E-state index in [1.165, 1.54) is 28.7 Å². The van der Waals surface area contributed by atoms with E-state index in [2.05, 4.69) is 39.9 Å². The van der Waals surface area contributed by atoms with Crippen LogP contribution in [0.2, 0.25) is 0 Å². The van der Waals surface area contributed by atoms with Crippen LogP contribution >= 0.6 is 23.1 Å². The number of rotatable bonds is 7. The molecule has 0 bridgehead atoms. The van der Waals surface area contributed by atoms with Crippen molar-refractivity contribution in [3.05, 3.63) is 59.2 Å². The zero-order valence-corrected chi connectivity index (χ0v) is 18.1. The van der Waals surface area contributed by atoms with Crippen molar-refractivity contribution >= 4 is 45.5 Å². The third-order valence-corrected chi connectivity index (χ3v) is 6.42. The minimum Gasteiger partial charge on any atom is -0.330 e. The van der Waals surface area contributed by atoms with Crippen LogP contribution in [0.3, 0.4) is 0 Å². The largest absolute Gasteiger partial charge is 0.330 e. The second-order valence-corrected chi connectivity index (χ2v) is 9.13. The van der Waals surface area contributed by atoms with Crippen LogP contribution in [-0.2, 0) is 11.2 Å². The van der Waals surface area contributed by atoms with Crippen LogP contribution in [0.1, 0.15) is 30.5 Å². The van der Waals surface area contributed by atoms with E-state index in [-0.39, 0.29) is 11.2 Å². The van der Waals surface area contributed by atoms with Crippen molar-refractivity contribution in [3.63, 3.8) is 0 Å². The number of carbonyl (C=O) groups is 1. The molecule has 0 unspecified atom stereocenters. The molecule has 2 N–H and O–H groups in total. The standard InChI is InChI=1S/C21H24N4OS2/c1-5-16-9-11-17(12-10-16)22-20-24-25-21(28-20)27-15(4)19(26)23-18-13(2)7-6-8-14(18)3/h6-12,15H,5H2,1-4H3,(H,22,24)(H,23,26)/t15-/m1/s1. The number of aromatic nitrogens is 2. The summed E-state index contributed by atoms with van der Waals surface area (Å²) in [6.45, 7) is 8.01. The zero-order valence-electron chi connectivity index (χ0n) is 16.4. The summed E-state index contributed by atoms with van der Waals surface area (Å²) < 4.78 is 0.761. The Morgan fingerprint density at radius 1 is 1.11 bits per heavy atom. The minimum absolute atomic E-state index is 0.0396. The van der Waals surface area contributed by atoms with Crippen LogP contribution in [0.15, 0.2) is 46.8 Å². The summed E-state index contributed by atoms with van der Waals surface area (Å²) in [6.07, 6.45) is 1.02. The number of nitrogens with one attached hydrogen (secondary N) is 2. The van der Waals surface area contributed by atoms with Crippen LogP contribution in [0.25, 0.3) is 0 Å². The van der Waals surface area contributed by atoms with Gasteiger partial charge in [-0.3, -0.25) is 4.79 Å². The lowest BCUT2D eigenvalue weighted by molar-refractivity contribution is -0.115. The van der Waals surface area contributed by atoms with Crippen LogP contribution in [-0.4, -0.2) is 21.4 Å². The molecule has 0 aliphatic carbocycles. The van der Waals surface area contributed by atoms with Gasteiger partial charge in [-0.25, -0.2) is 0 Å². The van der Waals surface area contributed by atoms with Crippen molar-refractivity contribution in [2.75, 3.05) is 10.6 Å². The molecule has 2 aromatic carbocycles. The third kappa shape index (κ3) is 5.11. The molecule has 5 nitrogen and oxygen atoms in total. The van der Waals surface area contributed by atoms with Gasteiger partial charge in [-0.1, -0.05) is 60.4 Å². The van der Waals surface area contributed by atoms with Gasteiger partial charge in [0.2, 0.25) is 11.0 Å². The van der Waals surface area contributed by atoms with Gasteiger partial charge in [-0.2, -0.15) is 0 Å². The summed E-state index contributed by atoms with van der Waals surface area (Å²) in [5, 5.41) is 15.1. The van der Waals surface area contributed by atoms with Gasteiger partial charge in [0.15, 0.2) is 4.34 Å². The Morgan fingerprint density at radius 2 is 1.79 bits per heavy atom. The Balaban J connectivity index is 1.59. The minimum atomic E-state index is -0.274. The van der Waals surface area contributed by atoms with E-state index in [4.69, 9.17) is 0 Å². The fraction of sp³-hybridized carbons (Fsp3) is 0.286. The summed E-state index contributed by atoms with van der Waals surface area (Å²) in [7, 11) is 0. The molecule has 0 radical (unpaired) electrons. The number of carbonyl (C=O) groups excluding carboxylic acids is 1. The second-order valence-electron chi connectivity index (χ2n) is 6.56. The number of amides is 1. The van der Waals surface area contributed by atoms with Gasteiger partial charge in [0, 0.05) is 11.4 Å². The first kappa shape index (κ1) is 20.4. The maximum Gasteiger partial charge on any atom is 0.237 e. The lowest BCUT2D eigenvalue weighted by Crippen LogP contribution is -2.23. The maximum atomic E-state index is 12.6. The van der Waals surface area contributed by atoms with Crippen molar-refractivity contribution in [2.24, 2.45) is 0 Å². The van der Waals surface area contributed by atoms with Gasteiger partial charge in [0.25, 0.3) is 0 Å². The SMILES string of the molecule is CCc1ccc(Nc2nnc(S[C@H](C)C(=O)Nc3c(C)cccc3C)s2)cc1. The highest BCUT2D eigenvalue weighted by molar-refractivity contribution is 8.02. The van der Waals surface area contributed by atoms with Gasteiger partial charge in [-0.15, -0.1) is 10.2 Å². The lowest BCUT2D eigenvalue weighted by atomic mass is 10.1. The van der Waals surface area contributed by atoms with Gasteiger partial charge in [-0.05, 0) is 56.0 Å². The van der Waals surface area contributed by atoms with Crippen molar-refractivity contribution in [1.82, 2.24) is 10.2 Å². The highest BCUT2D eigenvalue weighted by atomic mass is 32.2. The molecule has 3 rings (SSSR count). The predicted octanol–water partition coefficient (Wildman–Crippen LogP) is 5.58. The number of anilines is 3. The Hall–Kier alpha value is -2.38. The number of benzene rings is 2. The first-order valence-corrected chi connectivity index (χ1v) is 10.9. The molecule has 0 aliphatic rings. The van der Waals surface area contributed by atoms with E-state index in [9.17, 15) is 4.79 Å². The monoisotopic (exact) mass is 412 g/mol. The Morgan fingerprint density at radius 3 is 2.43 bits per heavy atom. The number of hydrogen-bond donors (Lipinski definition) is 2. The van der Waals surface area contributed by atoms with Gasteiger partial charge < -0.3 is 10.6 Å². The number of thioether (sulfide) groups is 1. The molecule has 0 fully saturated rings. The summed E-state index contributed by atoms with van der Waals surface area (Å²) in [5.41, 5.74) is 5.27. The third-order valence-electron chi connectivity index (χ3n) is 4.40. The fourth-order valence-electron chi connectivity index (χ4n) is 2.70. The Labute approximate surface area is 174 Å². The number of nitrogens with zero attached hydrogens (tertiary/aromatic N) is 2. The molecule has 1 atom stereocenters. The highest BCUT2D eigenvalue weighted by Gasteiger charge is 2.18. The van der Waals surface area contributed by atoms with Crippen LogP contribution in [0.5, 0.6) is 0 Å². The topological polar surface area (TPSA) is 66.9 Å². The van der Waals surface area contributed by atoms with Gasteiger partial charge in [0.1, 0.15) is 0 Å². The molecule has 1 aromatic heterocycles. The lowest BCUT2D eigenvalue weighted by Gasteiger charge is -2.14. The van der Waals surface area contributed by atoms with Crippen LogP contribution in [0.4, 0.5) is 16.5 Å². The van der Waals surface area contributed by atoms with Crippen LogP contribution < -0.4 is 10.6 Å². The van der Waals surface area contributed by atoms with Gasteiger partial charge in [0.05, 0.1) is 5.25 Å². The van der Waals surface area contributed by atoms with E-state index >= 15 is 0 Å². The molecule has 3 aromatic rings. The summed E-state index contributed by atoms with van der Waals surface area (Å²) in [4.78, 5) is 12.6. The number of para-hydroxylation sites is 1. The van der Waals surface area contributed by atoms with Crippen LogP contribution in [0, 0.1) is 13.8 Å². The maximum absolute atomic E-state index is 12.6. The number of hydrogen-bond acceptors (Lipinski definition) is 6. The molecule has 1 amide bonds. The van der Waals surface area contributed by atoms with E-state index in [0.717, 1.165) is 33.3 Å².